The van der Waals surface area contributed by atoms with E-state index in [-0.39, 0.29) is 0 Å². The number of para-hydroxylation sites is 1. The van der Waals surface area contributed by atoms with E-state index in [0.29, 0.717) is 6.54 Å². The topological polar surface area (TPSA) is 55.7 Å². The van der Waals surface area contributed by atoms with E-state index in [1.807, 2.05) is 55.0 Å². The van der Waals surface area contributed by atoms with Crippen molar-refractivity contribution in [2.45, 2.75) is 6.54 Å². The van der Waals surface area contributed by atoms with Crippen LogP contribution in [0, 0.1) is 0 Å². The Morgan fingerprint density at radius 2 is 1.81 bits per heavy atom. The average Bonchev–Trinajstić information content (AvgIpc) is 3.37. The van der Waals surface area contributed by atoms with Gasteiger partial charge in [0.1, 0.15) is 11.6 Å². The summed E-state index contributed by atoms with van der Waals surface area (Å²) in [6, 6.07) is 18.1. The highest BCUT2D eigenvalue weighted by Gasteiger charge is 2.12. The van der Waals surface area contributed by atoms with E-state index < -0.39 is 0 Å². The zero-order chi connectivity index (χ0) is 18.5. The van der Waals surface area contributed by atoms with Crippen LogP contribution in [0.15, 0.2) is 73.3 Å². The van der Waals surface area contributed by atoms with E-state index in [4.69, 9.17) is 4.74 Å². The van der Waals surface area contributed by atoms with Gasteiger partial charge in [-0.3, -0.25) is 0 Å². The van der Waals surface area contributed by atoms with Crippen LogP contribution in [-0.4, -0.2) is 26.6 Å². The summed E-state index contributed by atoms with van der Waals surface area (Å²) >= 11 is 0. The van der Waals surface area contributed by atoms with Gasteiger partial charge in [-0.05, 0) is 18.2 Å². The maximum absolute atomic E-state index is 5.46. The van der Waals surface area contributed by atoms with E-state index >= 15 is 0 Å². The van der Waals surface area contributed by atoms with Crippen LogP contribution in [0.3, 0.4) is 0 Å². The number of hydrogen-bond acceptors (Lipinski definition) is 3. The van der Waals surface area contributed by atoms with Gasteiger partial charge in [0, 0.05) is 23.5 Å². The lowest BCUT2D eigenvalue weighted by atomic mass is 10.1. The molecular formula is C22H20N4O. The second-order valence-electron chi connectivity index (χ2n) is 6.08. The van der Waals surface area contributed by atoms with Crippen LogP contribution in [0.25, 0.3) is 23.4 Å². The standard InChI is InChI=1S/C22H20N4O/c1-27-20-10-6-5-7-17(20)11-12-19-22(18-8-3-2-4-9-18)25-16-26(19)15-21-23-13-14-24-21/h2-14,16H,15H2,1H3,(H,23,24)/b12-11+. The van der Waals surface area contributed by atoms with Gasteiger partial charge >= 0.3 is 0 Å². The Labute approximate surface area is 158 Å². The minimum Gasteiger partial charge on any atom is -0.496 e. The van der Waals surface area contributed by atoms with Crippen molar-refractivity contribution in [3.8, 4) is 17.0 Å². The fourth-order valence-corrected chi connectivity index (χ4v) is 3.03. The number of imidazole rings is 2. The van der Waals surface area contributed by atoms with Crippen molar-refractivity contribution in [2.24, 2.45) is 0 Å². The highest BCUT2D eigenvalue weighted by molar-refractivity contribution is 5.78. The Kier molecular flexibility index (Phi) is 4.83. The van der Waals surface area contributed by atoms with Gasteiger partial charge in [-0.15, -0.1) is 0 Å². The fraction of sp³-hybridized carbons (Fsp3) is 0.0909. The third-order valence-corrected chi connectivity index (χ3v) is 4.36. The van der Waals surface area contributed by atoms with Crippen LogP contribution < -0.4 is 4.74 Å². The molecule has 0 unspecified atom stereocenters. The number of aromatic nitrogens is 4. The van der Waals surface area contributed by atoms with Gasteiger partial charge in [0.05, 0.1) is 31.4 Å². The van der Waals surface area contributed by atoms with Gasteiger partial charge in [-0.25, -0.2) is 9.97 Å². The first-order valence-corrected chi connectivity index (χ1v) is 8.75. The molecule has 0 fully saturated rings. The maximum atomic E-state index is 5.46. The first-order chi connectivity index (χ1) is 13.3. The number of H-pyrrole nitrogens is 1. The maximum Gasteiger partial charge on any atom is 0.126 e. The Morgan fingerprint density at radius 1 is 1.00 bits per heavy atom. The van der Waals surface area contributed by atoms with Gasteiger partial charge < -0.3 is 14.3 Å². The molecular weight excluding hydrogens is 336 g/mol. The number of benzene rings is 2. The largest absolute Gasteiger partial charge is 0.496 e. The molecule has 0 radical (unpaired) electrons. The van der Waals surface area contributed by atoms with Gasteiger partial charge in [0.2, 0.25) is 0 Å². The second-order valence-corrected chi connectivity index (χ2v) is 6.08. The number of ether oxygens (including phenoxy) is 1. The summed E-state index contributed by atoms with van der Waals surface area (Å²) in [4.78, 5) is 12.1. The molecule has 4 aromatic rings. The van der Waals surface area contributed by atoms with Crippen LogP contribution >= 0.6 is 0 Å². The quantitative estimate of drug-likeness (QED) is 0.553. The first-order valence-electron chi connectivity index (χ1n) is 8.75. The van der Waals surface area contributed by atoms with E-state index in [1.165, 1.54) is 0 Å². The molecule has 0 aliphatic heterocycles. The smallest absolute Gasteiger partial charge is 0.126 e. The molecule has 134 valence electrons. The Morgan fingerprint density at radius 3 is 2.59 bits per heavy atom. The fourth-order valence-electron chi connectivity index (χ4n) is 3.03. The SMILES string of the molecule is COc1ccccc1/C=C/c1c(-c2ccccc2)ncn1Cc1ncc[nH]1. The zero-order valence-corrected chi connectivity index (χ0v) is 15.0. The highest BCUT2D eigenvalue weighted by atomic mass is 16.5. The monoisotopic (exact) mass is 356 g/mol. The number of aromatic amines is 1. The summed E-state index contributed by atoms with van der Waals surface area (Å²) in [5.41, 5.74) is 4.05. The third kappa shape index (κ3) is 3.67. The summed E-state index contributed by atoms with van der Waals surface area (Å²) < 4.78 is 7.55. The molecule has 5 heteroatoms. The number of nitrogens with one attached hydrogen (secondary N) is 1. The van der Waals surface area contributed by atoms with Crippen molar-refractivity contribution in [1.82, 2.24) is 19.5 Å². The van der Waals surface area contributed by atoms with E-state index in [2.05, 4.69) is 43.8 Å². The molecule has 0 amide bonds. The predicted molar refractivity (Wildman–Crippen MR) is 107 cm³/mol. The van der Waals surface area contributed by atoms with Crippen LogP contribution in [0.2, 0.25) is 0 Å². The first kappa shape index (κ1) is 16.8. The lowest BCUT2D eigenvalue weighted by molar-refractivity contribution is 0.414. The Bertz CT molecular complexity index is 1030. The molecule has 1 N–H and O–H groups in total. The molecule has 0 spiro atoms. The van der Waals surface area contributed by atoms with Crippen LogP contribution in [0.4, 0.5) is 0 Å². The molecule has 2 aromatic carbocycles. The lowest BCUT2D eigenvalue weighted by Gasteiger charge is -2.07. The average molecular weight is 356 g/mol. The van der Waals surface area contributed by atoms with Gasteiger partial charge in [-0.2, -0.15) is 0 Å². The summed E-state index contributed by atoms with van der Waals surface area (Å²) in [6.07, 6.45) is 9.58. The van der Waals surface area contributed by atoms with E-state index in [1.54, 1.807) is 13.3 Å². The van der Waals surface area contributed by atoms with Crippen molar-refractivity contribution in [1.29, 1.82) is 0 Å². The second kappa shape index (κ2) is 7.74. The lowest BCUT2D eigenvalue weighted by Crippen LogP contribution is -2.02. The summed E-state index contributed by atoms with van der Waals surface area (Å²) in [6.45, 7) is 0.623. The number of methoxy groups -OCH3 is 1. The molecule has 0 aliphatic carbocycles. The normalized spacial score (nSPS) is 11.1. The van der Waals surface area contributed by atoms with E-state index in [0.717, 1.165) is 34.1 Å². The number of rotatable bonds is 6. The molecule has 5 nitrogen and oxygen atoms in total. The molecule has 4 rings (SSSR count). The third-order valence-electron chi connectivity index (χ3n) is 4.36. The molecule has 0 aliphatic rings. The summed E-state index contributed by atoms with van der Waals surface area (Å²) in [5.74, 6) is 1.73. The highest BCUT2D eigenvalue weighted by Crippen LogP contribution is 2.26. The van der Waals surface area contributed by atoms with Crippen molar-refractivity contribution >= 4 is 12.2 Å². The van der Waals surface area contributed by atoms with Crippen LogP contribution in [0.1, 0.15) is 17.1 Å². The van der Waals surface area contributed by atoms with Crippen molar-refractivity contribution in [3.05, 3.63) is 90.4 Å². The molecule has 2 heterocycles. The van der Waals surface area contributed by atoms with Crippen LogP contribution in [-0.2, 0) is 6.54 Å². The van der Waals surface area contributed by atoms with Crippen molar-refractivity contribution < 1.29 is 4.74 Å². The summed E-state index contributed by atoms with van der Waals surface area (Å²) in [7, 11) is 1.68. The van der Waals surface area contributed by atoms with E-state index in [9.17, 15) is 0 Å². The minimum absolute atomic E-state index is 0.623. The Balaban J connectivity index is 1.76. The molecule has 0 saturated heterocycles. The predicted octanol–water partition coefficient (Wildman–Crippen LogP) is 4.50. The van der Waals surface area contributed by atoms with Gasteiger partial charge in [0.25, 0.3) is 0 Å². The summed E-state index contributed by atoms with van der Waals surface area (Å²) in [5, 5.41) is 0. The van der Waals surface area contributed by atoms with Gasteiger partial charge in [-0.1, -0.05) is 48.5 Å². The van der Waals surface area contributed by atoms with Crippen molar-refractivity contribution in [2.75, 3.05) is 7.11 Å². The molecule has 0 saturated carbocycles. The number of nitrogens with zero attached hydrogens (tertiary/aromatic N) is 3. The van der Waals surface area contributed by atoms with Crippen molar-refractivity contribution in [3.63, 3.8) is 0 Å². The molecule has 0 atom stereocenters. The molecule has 27 heavy (non-hydrogen) atoms. The number of hydrogen-bond donors (Lipinski definition) is 1. The molecule has 0 bridgehead atoms. The minimum atomic E-state index is 0.623. The Hall–Kier alpha value is -3.60. The zero-order valence-electron chi connectivity index (χ0n) is 15.0. The van der Waals surface area contributed by atoms with Gasteiger partial charge in [0.15, 0.2) is 0 Å². The molecule has 2 aromatic heterocycles. The van der Waals surface area contributed by atoms with Crippen LogP contribution in [0.5, 0.6) is 5.75 Å².